The number of amides is 2. The first-order valence-corrected chi connectivity index (χ1v) is 7.20. The first kappa shape index (κ1) is 15.3. The molecule has 0 spiro atoms. The van der Waals surface area contributed by atoms with Crippen LogP contribution in [0.25, 0.3) is 0 Å². The number of hydrogen-bond donors (Lipinski definition) is 2. The van der Waals surface area contributed by atoms with Crippen molar-refractivity contribution in [1.82, 2.24) is 15.2 Å². The van der Waals surface area contributed by atoms with Crippen LogP contribution in [-0.4, -0.2) is 39.1 Å². The molecular formula is C14H21N3O4. The number of rotatable bonds is 4. The third kappa shape index (κ3) is 3.17. The molecule has 2 N–H and O–H groups in total. The molecule has 1 fully saturated rings. The van der Waals surface area contributed by atoms with Crippen LogP contribution in [0, 0.1) is 0 Å². The number of piperidine rings is 1. The molecule has 0 bridgehead atoms. The van der Waals surface area contributed by atoms with Gasteiger partial charge in [0, 0.05) is 13.0 Å². The number of carbonyl (C=O) groups is 2. The number of carboxylic acids is 1. The lowest BCUT2D eigenvalue weighted by Crippen LogP contribution is -2.59. The van der Waals surface area contributed by atoms with Gasteiger partial charge < -0.3 is 19.7 Å². The van der Waals surface area contributed by atoms with Crippen LogP contribution in [0.1, 0.15) is 44.8 Å². The minimum absolute atomic E-state index is 0.158. The molecule has 2 heterocycles. The van der Waals surface area contributed by atoms with Crippen molar-refractivity contribution in [2.45, 2.75) is 51.6 Å². The summed E-state index contributed by atoms with van der Waals surface area (Å²) in [5, 5.41) is 12.1. The van der Waals surface area contributed by atoms with Crippen LogP contribution in [0.2, 0.25) is 0 Å². The topological polar surface area (TPSA) is 95.7 Å². The minimum atomic E-state index is -1.15. The van der Waals surface area contributed by atoms with Crippen LogP contribution >= 0.6 is 0 Å². The molecule has 7 heteroatoms. The Kier molecular flexibility index (Phi) is 4.50. The lowest BCUT2D eigenvalue weighted by molar-refractivity contribution is -0.150. The van der Waals surface area contributed by atoms with E-state index in [4.69, 9.17) is 4.42 Å². The summed E-state index contributed by atoms with van der Waals surface area (Å²) < 4.78 is 5.41. The van der Waals surface area contributed by atoms with E-state index in [9.17, 15) is 14.7 Å². The highest BCUT2D eigenvalue weighted by Crippen LogP contribution is 2.28. The standard InChI is InChI=1S/C14H21N3O4/c1-3-10-8-15-11(21-10)9-16-13(20)17-7-5-4-6-14(17,2)12(18)19/h8H,3-7,9H2,1-2H3,(H,16,20)(H,18,19). The molecule has 1 saturated heterocycles. The minimum Gasteiger partial charge on any atom is -0.480 e. The van der Waals surface area contributed by atoms with E-state index < -0.39 is 17.5 Å². The highest BCUT2D eigenvalue weighted by Gasteiger charge is 2.43. The van der Waals surface area contributed by atoms with Crippen LogP contribution in [-0.2, 0) is 17.8 Å². The predicted molar refractivity (Wildman–Crippen MR) is 74.7 cm³/mol. The van der Waals surface area contributed by atoms with Crippen molar-refractivity contribution in [3.05, 3.63) is 17.8 Å². The number of aliphatic carboxylic acids is 1. The molecule has 0 aromatic carbocycles. The summed E-state index contributed by atoms with van der Waals surface area (Å²) in [6.07, 6.45) is 4.46. The van der Waals surface area contributed by atoms with Gasteiger partial charge in [-0.15, -0.1) is 0 Å². The number of carboxylic acid groups (broad SMARTS) is 1. The first-order valence-electron chi connectivity index (χ1n) is 7.20. The zero-order chi connectivity index (χ0) is 15.5. The number of aryl methyl sites for hydroxylation is 1. The summed E-state index contributed by atoms with van der Waals surface area (Å²) in [4.78, 5) is 29.2. The van der Waals surface area contributed by atoms with E-state index in [2.05, 4.69) is 10.3 Å². The summed E-state index contributed by atoms with van der Waals surface area (Å²) >= 11 is 0. The lowest BCUT2D eigenvalue weighted by atomic mass is 9.89. The predicted octanol–water partition coefficient (Wildman–Crippen LogP) is 1.78. The van der Waals surface area contributed by atoms with Crippen LogP contribution in [0.3, 0.4) is 0 Å². The number of nitrogens with zero attached hydrogens (tertiary/aromatic N) is 2. The second-order valence-corrected chi connectivity index (χ2v) is 5.42. The highest BCUT2D eigenvalue weighted by atomic mass is 16.4. The molecule has 0 saturated carbocycles. The van der Waals surface area contributed by atoms with E-state index in [1.165, 1.54) is 4.90 Å². The van der Waals surface area contributed by atoms with Crippen molar-refractivity contribution in [2.24, 2.45) is 0 Å². The summed E-state index contributed by atoms with van der Waals surface area (Å²) in [6.45, 7) is 4.15. The highest BCUT2D eigenvalue weighted by molar-refractivity contribution is 5.86. The lowest BCUT2D eigenvalue weighted by Gasteiger charge is -2.41. The van der Waals surface area contributed by atoms with Gasteiger partial charge in [-0.25, -0.2) is 14.6 Å². The second-order valence-electron chi connectivity index (χ2n) is 5.42. The van der Waals surface area contributed by atoms with Gasteiger partial charge in [-0.2, -0.15) is 0 Å². The quantitative estimate of drug-likeness (QED) is 0.882. The monoisotopic (exact) mass is 295 g/mol. The fraction of sp³-hybridized carbons (Fsp3) is 0.643. The number of hydrogen-bond acceptors (Lipinski definition) is 4. The first-order chi connectivity index (χ1) is 9.97. The number of urea groups is 1. The van der Waals surface area contributed by atoms with E-state index in [1.54, 1.807) is 13.1 Å². The molecule has 0 radical (unpaired) electrons. The van der Waals surface area contributed by atoms with Crippen molar-refractivity contribution in [3.63, 3.8) is 0 Å². The summed E-state index contributed by atoms with van der Waals surface area (Å²) in [7, 11) is 0. The molecule has 2 amide bonds. The summed E-state index contributed by atoms with van der Waals surface area (Å²) in [6, 6.07) is -0.393. The Morgan fingerprint density at radius 1 is 1.52 bits per heavy atom. The maximum absolute atomic E-state index is 12.2. The van der Waals surface area contributed by atoms with Crippen LogP contribution in [0.15, 0.2) is 10.6 Å². The molecule has 116 valence electrons. The molecule has 1 unspecified atom stereocenters. The van der Waals surface area contributed by atoms with Gasteiger partial charge in [0.05, 0.1) is 12.7 Å². The Balaban J connectivity index is 1.99. The third-order valence-electron chi connectivity index (χ3n) is 3.94. The second kappa shape index (κ2) is 6.15. The number of likely N-dealkylation sites (tertiary alicyclic amines) is 1. The van der Waals surface area contributed by atoms with E-state index in [0.717, 1.165) is 25.0 Å². The Bertz CT molecular complexity index is 528. The van der Waals surface area contributed by atoms with Crippen molar-refractivity contribution < 1.29 is 19.1 Å². The van der Waals surface area contributed by atoms with Crippen molar-refractivity contribution in [1.29, 1.82) is 0 Å². The number of oxazole rings is 1. The average Bonchev–Trinajstić information content (AvgIpc) is 2.93. The fourth-order valence-corrected chi connectivity index (χ4v) is 2.51. The molecule has 1 aliphatic rings. The maximum Gasteiger partial charge on any atom is 0.329 e. The van der Waals surface area contributed by atoms with Crippen LogP contribution < -0.4 is 5.32 Å². The van der Waals surface area contributed by atoms with Gasteiger partial charge in [0.1, 0.15) is 11.3 Å². The molecule has 7 nitrogen and oxygen atoms in total. The summed E-state index contributed by atoms with van der Waals surface area (Å²) in [5.41, 5.74) is -1.15. The average molecular weight is 295 g/mol. The van der Waals surface area contributed by atoms with E-state index in [0.29, 0.717) is 18.9 Å². The van der Waals surface area contributed by atoms with Gasteiger partial charge in [0.2, 0.25) is 5.89 Å². The normalized spacial score (nSPS) is 22.1. The van der Waals surface area contributed by atoms with Gasteiger partial charge in [-0.3, -0.25) is 0 Å². The van der Waals surface area contributed by atoms with Gasteiger partial charge in [-0.05, 0) is 26.2 Å². The van der Waals surface area contributed by atoms with Crippen molar-refractivity contribution >= 4 is 12.0 Å². The van der Waals surface area contributed by atoms with E-state index >= 15 is 0 Å². The maximum atomic E-state index is 12.2. The fourth-order valence-electron chi connectivity index (χ4n) is 2.51. The third-order valence-corrected chi connectivity index (χ3v) is 3.94. The number of nitrogens with one attached hydrogen (secondary N) is 1. The van der Waals surface area contributed by atoms with Crippen LogP contribution in [0.4, 0.5) is 4.79 Å². The Labute approximate surface area is 123 Å². The zero-order valence-electron chi connectivity index (χ0n) is 12.4. The molecule has 1 aromatic heterocycles. The summed E-state index contributed by atoms with van der Waals surface area (Å²) in [5.74, 6) is 0.212. The van der Waals surface area contributed by atoms with E-state index in [-0.39, 0.29) is 6.54 Å². The zero-order valence-corrected chi connectivity index (χ0v) is 12.4. The van der Waals surface area contributed by atoms with Crippen molar-refractivity contribution in [2.75, 3.05) is 6.54 Å². The molecule has 1 aliphatic heterocycles. The van der Waals surface area contributed by atoms with E-state index in [1.807, 2.05) is 6.92 Å². The Hall–Kier alpha value is -2.05. The van der Waals surface area contributed by atoms with Crippen molar-refractivity contribution in [3.8, 4) is 0 Å². The Morgan fingerprint density at radius 3 is 2.90 bits per heavy atom. The van der Waals surface area contributed by atoms with Crippen LogP contribution in [0.5, 0.6) is 0 Å². The molecular weight excluding hydrogens is 274 g/mol. The van der Waals surface area contributed by atoms with Gasteiger partial charge >= 0.3 is 12.0 Å². The Morgan fingerprint density at radius 2 is 2.29 bits per heavy atom. The van der Waals surface area contributed by atoms with Gasteiger partial charge in [-0.1, -0.05) is 6.92 Å². The SMILES string of the molecule is CCc1cnc(CNC(=O)N2CCCCC2(C)C(=O)O)o1. The number of aromatic nitrogens is 1. The smallest absolute Gasteiger partial charge is 0.329 e. The van der Waals surface area contributed by atoms with Gasteiger partial charge in [0.25, 0.3) is 0 Å². The molecule has 0 aliphatic carbocycles. The molecule has 2 rings (SSSR count). The van der Waals surface area contributed by atoms with Gasteiger partial charge in [0.15, 0.2) is 0 Å². The molecule has 1 aromatic rings. The largest absolute Gasteiger partial charge is 0.480 e. The molecule has 21 heavy (non-hydrogen) atoms. The number of carbonyl (C=O) groups excluding carboxylic acids is 1. The molecule has 1 atom stereocenters.